The third-order valence-corrected chi connectivity index (χ3v) is 2.93. The molecule has 0 aromatic heterocycles. The van der Waals surface area contributed by atoms with E-state index in [1.54, 1.807) is 12.1 Å². The molecule has 0 aliphatic heterocycles. The molecule has 2 aromatic carbocycles. The Morgan fingerprint density at radius 3 is 2.62 bits per heavy atom. The van der Waals surface area contributed by atoms with E-state index in [2.05, 4.69) is 9.99 Å². The quantitative estimate of drug-likeness (QED) is 0.475. The van der Waals surface area contributed by atoms with Crippen LogP contribution in [0.25, 0.3) is 0 Å². The zero-order chi connectivity index (χ0) is 15.1. The molecule has 0 saturated carbocycles. The molecule has 2 rings (SSSR count). The number of benzene rings is 2. The molecule has 0 heterocycles. The van der Waals surface area contributed by atoms with Gasteiger partial charge in [-0.05, 0) is 23.8 Å². The number of oxime groups is 1. The average Bonchev–Trinajstić information content (AvgIpc) is 2.47. The second-order valence-corrected chi connectivity index (χ2v) is 4.82. The molecule has 21 heavy (non-hydrogen) atoms. The molecule has 0 radical (unpaired) electrons. The predicted octanol–water partition coefficient (Wildman–Crippen LogP) is 3.95. The molecule has 0 saturated heterocycles. The summed E-state index contributed by atoms with van der Waals surface area (Å²) in [4.78, 5) is 16.1. The number of hydrogen-bond acceptors (Lipinski definition) is 4. The van der Waals surface area contributed by atoms with Crippen LogP contribution in [0.3, 0.4) is 0 Å². The SMILES string of the molecule is O=C(COc1ccc(Cl)cc1Cl)ON=Cc1ccccc1. The van der Waals surface area contributed by atoms with Crippen molar-refractivity contribution in [3.05, 3.63) is 64.1 Å². The second-order valence-electron chi connectivity index (χ2n) is 3.97. The fourth-order valence-electron chi connectivity index (χ4n) is 1.44. The van der Waals surface area contributed by atoms with Gasteiger partial charge in [-0.2, -0.15) is 0 Å². The van der Waals surface area contributed by atoms with E-state index in [0.29, 0.717) is 15.8 Å². The van der Waals surface area contributed by atoms with Gasteiger partial charge in [0.05, 0.1) is 11.2 Å². The normalized spacial score (nSPS) is 10.6. The summed E-state index contributed by atoms with van der Waals surface area (Å²) in [5.74, 6) is -0.279. The summed E-state index contributed by atoms with van der Waals surface area (Å²) >= 11 is 11.7. The highest BCUT2D eigenvalue weighted by Crippen LogP contribution is 2.27. The smallest absolute Gasteiger partial charge is 0.372 e. The number of carbonyl (C=O) groups is 1. The minimum absolute atomic E-state index is 0.298. The van der Waals surface area contributed by atoms with Gasteiger partial charge >= 0.3 is 5.97 Å². The van der Waals surface area contributed by atoms with Gasteiger partial charge in [-0.25, -0.2) is 4.79 Å². The van der Waals surface area contributed by atoms with Crippen LogP contribution >= 0.6 is 23.2 Å². The largest absolute Gasteiger partial charge is 0.480 e. The lowest BCUT2D eigenvalue weighted by Gasteiger charge is -2.06. The molecule has 0 bridgehead atoms. The molecule has 0 N–H and O–H groups in total. The van der Waals surface area contributed by atoms with Gasteiger partial charge in [0.15, 0.2) is 6.61 Å². The van der Waals surface area contributed by atoms with Crippen LogP contribution in [-0.2, 0) is 9.63 Å². The van der Waals surface area contributed by atoms with Crippen LogP contribution in [0.1, 0.15) is 5.56 Å². The maximum absolute atomic E-state index is 11.5. The third-order valence-electron chi connectivity index (χ3n) is 2.40. The molecule has 0 atom stereocenters. The van der Waals surface area contributed by atoms with E-state index in [1.807, 2.05) is 30.3 Å². The maximum atomic E-state index is 11.5. The summed E-state index contributed by atoms with van der Waals surface area (Å²) < 4.78 is 5.22. The van der Waals surface area contributed by atoms with Crippen molar-refractivity contribution >= 4 is 35.4 Å². The summed E-state index contributed by atoms with van der Waals surface area (Å²) in [6, 6.07) is 14.0. The summed E-state index contributed by atoms with van der Waals surface area (Å²) in [6.07, 6.45) is 1.44. The van der Waals surface area contributed by atoms with E-state index in [-0.39, 0.29) is 6.61 Å². The van der Waals surface area contributed by atoms with E-state index >= 15 is 0 Å². The summed E-state index contributed by atoms with van der Waals surface area (Å²) in [7, 11) is 0. The zero-order valence-corrected chi connectivity index (χ0v) is 12.3. The molecular weight excluding hydrogens is 313 g/mol. The number of halogens is 2. The Morgan fingerprint density at radius 2 is 1.90 bits per heavy atom. The Morgan fingerprint density at radius 1 is 1.14 bits per heavy atom. The standard InChI is InChI=1S/C15H11Cl2NO3/c16-12-6-7-14(13(17)8-12)20-10-15(19)21-18-9-11-4-2-1-3-5-11/h1-9H,10H2. The van der Waals surface area contributed by atoms with Gasteiger partial charge in [0.2, 0.25) is 0 Å². The molecule has 108 valence electrons. The third kappa shape index (κ3) is 5.10. The lowest BCUT2D eigenvalue weighted by atomic mass is 10.2. The molecule has 0 unspecified atom stereocenters. The first-order valence-corrected chi connectivity index (χ1v) is 6.77. The van der Waals surface area contributed by atoms with Gasteiger partial charge in [-0.15, -0.1) is 0 Å². The predicted molar refractivity (Wildman–Crippen MR) is 82.1 cm³/mol. The van der Waals surface area contributed by atoms with Crippen LogP contribution in [-0.4, -0.2) is 18.8 Å². The minimum atomic E-state index is -0.631. The lowest BCUT2D eigenvalue weighted by molar-refractivity contribution is -0.145. The first-order valence-electron chi connectivity index (χ1n) is 6.01. The van der Waals surface area contributed by atoms with E-state index in [4.69, 9.17) is 27.9 Å². The van der Waals surface area contributed by atoms with Crippen LogP contribution in [0.15, 0.2) is 53.7 Å². The molecule has 0 spiro atoms. The van der Waals surface area contributed by atoms with Gasteiger partial charge in [-0.3, -0.25) is 0 Å². The van der Waals surface area contributed by atoms with Crippen molar-refractivity contribution < 1.29 is 14.4 Å². The van der Waals surface area contributed by atoms with E-state index in [0.717, 1.165) is 5.56 Å². The van der Waals surface area contributed by atoms with Gasteiger partial charge in [0.25, 0.3) is 0 Å². The molecule has 2 aromatic rings. The Bertz CT molecular complexity index is 645. The average molecular weight is 324 g/mol. The first-order chi connectivity index (χ1) is 10.1. The molecule has 0 fully saturated rings. The highest BCUT2D eigenvalue weighted by molar-refractivity contribution is 6.35. The van der Waals surface area contributed by atoms with Crippen LogP contribution in [0, 0.1) is 0 Å². The maximum Gasteiger partial charge on any atom is 0.372 e. The Hall–Kier alpha value is -2.04. The van der Waals surface area contributed by atoms with Crippen LogP contribution < -0.4 is 4.74 Å². The van der Waals surface area contributed by atoms with E-state index in [9.17, 15) is 4.79 Å². The summed E-state index contributed by atoms with van der Waals surface area (Å²) in [6.45, 7) is -0.298. The number of hydrogen-bond donors (Lipinski definition) is 0. The molecule has 0 amide bonds. The van der Waals surface area contributed by atoms with Crippen molar-refractivity contribution in [1.29, 1.82) is 0 Å². The van der Waals surface area contributed by atoms with E-state index in [1.165, 1.54) is 12.3 Å². The van der Waals surface area contributed by atoms with Gasteiger partial charge in [0.1, 0.15) is 5.75 Å². The fraction of sp³-hybridized carbons (Fsp3) is 0.0667. The van der Waals surface area contributed by atoms with Crippen molar-refractivity contribution in [2.45, 2.75) is 0 Å². The minimum Gasteiger partial charge on any atom is -0.480 e. The van der Waals surface area contributed by atoms with Crippen molar-refractivity contribution in [1.82, 2.24) is 0 Å². The number of carbonyl (C=O) groups excluding carboxylic acids is 1. The highest BCUT2D eigenvalue weighted by atomic mass is 35.5. The Kier molecular flexibility index (Phi) is 5.60. The second kappa shape index (κ2) is 7.67. The monoisotopic (exact) mass is 323 g/mol. The highest BCUT2D eigenvalue weighted by Gasteiger charge is 2.07. The van der Waals surface area contributed by atoms with Crippen molar-refractivity contribution in [3.63, 3.8) is 0 Å². The molecule has 0 aliphatic rings. The number of rotatable bonds is 5. The van der Waals surface area contributed by atoms with Crippen LogP contribution in [0.4, 0.5) is 0 Å². The van der Waals surface area contributed by atoms with Gasteiger partial charge < -0.3 is 9.57 Å². The van der Waals surface area contributed by atoms with Crippen molar-refractivity contribution in [2.75, 3.05) is 6.61 Å². The zero-order valence-electron chi connectivity index (χ0n) is 10.8. The van der Waals surface area contributed by atoms with Crippen LogP contribution in [0.5, 0.6) is 5.75 Å². The van der Waals surface area contributed by atoms with Crippen LogP contribution in [0.2, 0.25) is 10.0 Å². The number of nitrogens with zero attached hydrogens (tertiary/aromatic N) is 1. The van der Waals surface area contributed by atoms with Gasteiger partial charge in [0, 0.05) is 5.02 Å². The lowest BCUT2D eigenvalue weighted by Crippen LogP contribution is -2.12. The summed E-state index contributed by atoms with van der Waals surface area (Å²) in [5.41, 5.74) is 0.826. The molecular formula is C15H11Cl2NO3. The topological polar surface area (TPSA) is 47.9 Å². The molecule has 6 heteroatoms. The van der Waals surface area contributed by atoms with Crippen molar-refractivity contribution in [3.8, 4) is 5.75 Å². The molecule has 4 nitrogen and oxygen atoms in total. The van der Waals surface area contributed by atoms with Gasteiger partial charge in [-0.1, -0.05) is 58.7 Å². The summed E-state index contributed by atoms with van der Waals surface area (Å²) in [5, 5.41) is 4.39. The van der Waals surface area contributed by atoms with E-state index < -0.39 is 5.97 Å². The number of ether oxygens (including phenoxy) is 1. The first kappa shape index (κ1) is 15.4. The van der Waals surface area contributed by atoms with Crippen molar-refractivity contribution in [2.24, 2.45) is 5.16 Å². The Balaban J connectivity index is 1.81. The fourth-order valence-corrected chi connectivity index (χ4v) is 1.90. The Labute approximate surface area is 131 Å². The molecule has 0 aliphatic carbocycles.